The van der Waals surface area contributed by atoms with Crippen LogP contribution in [-0.4, -0.2) is 21.2 Å². The minimum Gasteiger partial charge on any atom is -0.350 e. The number of para-hydroxylation sites is 2. The van der Waals surface area contributed by atoms with Gasteiger partial charge in [-0.15, -0.1) is 0 Å². The fourth-order valence-corrected chi connectivity index (χ4v) is 2.98. The fraction of sp³-hybridized carbons (Fsp3) is 0.176. The largest absolute Gasteiger partial charge is 0.350 e. The molecule has 130 valence electrons. The van der Waals surface area contributed by atoms with E-state index >= 15 is 0 Å². The van der Waals surface area contributed by atoms with Gasteiger partial charge in [-0.1, -0.05) is 24.3 Å². The second-order valence-corrected chi connectivity index (χ2v) is 6.21. The number of rotatable bonds is 6. The average Bonchev–Trinajstić information content (AvgIpc) is 2.91. The number of hydrogen-bond acceptors (Lipinski definition) is 3. The summed E-state index contributed by atoms with van der Waals surface area (Å²) >= 11 is 0.306. The molecule has 3 rings (SSSR count). The number of imidazole rings is 1. The third-order valence-electron chi connectivity index (χ3n) is 3.52. The Morgan fingerprint density at radius 2 is 1.88 bits per heavy atom. The molecule has 0 bridgehead atoms. The predicted molar refractivity (Wildman–Crippen MR) is 89.8 cm³/mol. The van der Waals surface area contributed by atoms with Crippen molar-refractivity contribution in [2.75, 3.05) is 0 Å². The van der Waals surface area contributed by atoms with Crippen molar-refractivity contribution in [3.05, 3.63) is 59.9 Å². The van der Waals surface area contributed by atoms with Crippen LogP contribution in [0.25, 0.3) is 11.0 Å². The highest BCUT2D eigenvalue weighted by atomic mass is 32.2. The van der Waals surface area contributed by atoms with E-state index in [4.69, 9.17) is 0 Å². The number of aromatic nitrogens is 2. The van der Waals surface area contributed by atoms with E-state index in [0.717, 1.165) is 5.56 Å². The molecule has 25 heavy (non-hydrogen) atoms. The molecule has 0 aliphatic rings. The highest BCUT2D eigenvalue weighted by Crippen LogP contribution is 2.28. The lowest BCUT2D eigenvalue weighted by Gasteiger charge is -2.09. The quantitative estimate of drug-likeness (QED) is 0.676. The lowest BCUT2D eigenvalue weighted by molar-refractivity contribution is -0.121. The first-order valence-corrected chi connectivity index (χ1v) is 8.32. The minimum atomic E-state index is -2.63. The smallest absolute Gasteiger partial charge is 0.291 e. The summed E-state index contributed by atoms with van der Waals surface area (Å²) in [6.07, 6.45) is 0. The number of fused-ring (bicyclic) bond motifs is 1. The summed E-state index contributed by atoms with van der Waals surface area (Å²) in [6, 6.07) is 12.7. The molecule has 0 fully saturated rings. The molecule has 0 unspecified atom stereocenters. The zero-order chi connectivity index (χ0) is 17.8. The van der Waals surface area contributed by atoms with Crippen LogP contribution >= 0.6 is 11.8 Å². The monoisotopic (exact) mass is 365 g/mol. The van der Waals surface area contributed by atoms with Crippen molar-refractivity contribution in [1.29, 1.82) is 0 Å². The number of carbonyl (C=O) groups excluding carboxylic acids is 1. The molecule has 8 heteroatoms. The van der Waals surface area contributed by atoms with Gasteiger partial charge in [-0.2, -0.15) is 8.78 Å². The van der Waals surface area contributed by atoms with Crippen LogP contribution in [-0.2, 0) is 17.9 Å². The SMILES string of the molecule is O=C(Cn1c(SC(F)F)nc2ccccc21)NCc1ccc(F)cc1. The molecule has 0 aliphatic carbocycles. The summed E-state index contributed by atoms with van der Waals surface area (Å²) in [5, 5.41) is 2.79. The number of thioether (sulfide) groups is 1. The molecule has 1 aromatic heterocycles. The maximum absolute atomic E-state index is 12.9. The molecular formula is C17H14F3N3OS. The van der Waals surface area contributed by atoms with Crippen LogP contribution in [0.1, 0.15) is 5.56 Å². The number of alkyl halides is 2. The third-order valence-corrected chi connectivity index (χ3v) is 4.22. The van der Waals surface area contributed by atoms with Crippen molar-refractivity contribution in [2.24, 2.45) is 0 Å². The highest BCUT2D eigenvalue weighted by molar-refractivity contribution is 7.99. The summed E-state index contributed by atoms with van der Waals surface area (Å²) in [6.45, 7) is 0.0971. The Labute approximate surface area is 146 Å². The zero-order valence-electron chi connectivity index (χ0n) is 13.0. The van der Waals surface area contributed by atoms with Crippen LogP contribution in [0.5, 0.6) is 0 Å². The van der Waals surface area contributed by atoms with Gasteiger partial charge in [0.25, 0.3) is 5.76 Å². The van der Waals surface area contributed by atoms with Gasteiger partial charge >= 0.3 is 0 Å². The lowest BCUT2D eigenvalue weighted by atomic mass is 10.2. The van der Waals surface area contributed by atoms with Crippen LogP contribution in [0.15, 0.2) is 53.7 Å². The molecule has 2 aromatic carbocycles. The number of halogens is 3. The molecule has 0 aliphatic heterocycles. The summed E-state index contributed by atoms with van der Waals surface area (Å²) in [5.74, 6) is -3.32. The normalized spacial score (nSPS) is 11.2. The van der Waals surface area contributed by atoms with E-state index < -0.39 is 5.76 Å². The molecule has 1 heterocycles. The van der Waals surface area contributed by atoms with E-state index in [9.17, 15) is 18.0 Å². The average molecular weight is 365 g/mol. The molecule has 0 spiro atoms. The number of carbonyl (C=O) groups is 1. The van der Waals surface area contributed by atoms with Gasteiger partial charge in [-0.05, 0) is 41.6 Å². The summed E-state index contributed by atoms with van der Waals surface area (Å²) < 4.78 is 39.8. The first-order valence-electron chi connectivity index (χ1n) is 7.44. The van der Waals surface area contributed by atoms with E-state index in [1.165, 1.54) is 16.7 Å². The first-order chi connectivity index (χ1) is 12.0. The Balaban J connectivity index is 1.74. The minimum absolute atomic E-state index is 0.0909. The zero-order valence-corrected chi connectivity index (χ0v) is 13.8. The van der Waals surface area contributed by atoms with Gasteiger partial charge in [-0.25, -0.2) is 9.37 Å². The maximum atomic E-state index is 12.9. The summed E-state index contributed by atoms with van der Waals surface area (Å²) in [7, 11) is 0. The van der Waals surface area contributed by atoms with Crippen molar-refractivity contribution in [3.63, 3.8) is 0 Å². The first kappa shape index (κ1) is 17.3. The van der Waals surface area contributed by atoms with Gasteiger partial charge in [0.15, 0.2) is 5.16 Å². The number of amides is 1. The van der Waals surface area contributed by atoms with Gasteiger partial charge in [0.05, 0.1) is 11.0 Å². The number of benzene rings is 2. The van der Waals surface area contributed by atoms with Crippen LogP contribution in [0.3, 0.4) is 0 Å². The van der Waals surface area contributed by atoms with E-state index in [-0.39, 0.29) is 30.0 Å². The number of nitrogens with zero attached hydrogens (tertiary/aromatic N) is 2. The molecule has 0 radical (unpaired) electrons. The van der Waals surface area contributed by atoms with Crippen molar-refractivity contribution in [1.82, 2.24) is 14.9 Å². The van der Waals surface area contributed by atoms with Gasteiger partial charge in [0.1, 0.15) is 12.4 Å². The molecule has 0 saturated heterocycles. The molecule has 1 amide bonds. The Kier molecular flexibility index (Phi) is 5.28. The van der Waals surface area contributed by atoms with E-state index in [1.807, 2.05) is 0 Å². The second-order valence-electron chi connectivity index (χ2n) is 5.25. The number of hydrogen-bond donors (Lipinski definition) is 1. The number of nitrogens with one attached hydrogen (secondary N) is 1. The Bertz CT molecular complexity index is 880. The Morgan fingerprint density at radius 3 is 2.60 bits per heavy atom. The van der Waals surface area contributed by atoms with Crippen molar-refractivity contribution in [3.8, 4) is 0 Å². The summed E-state index contributed by atoms with van der Waals surface area (Å²) in [4.78, 5) is 16.4. The Morgan fingerprint density at radius 1 is 1.16 bits per heavy atom. The third kappa shape index (κ3) is 4.33. The summed E-state index contributed by atoms with van der Waals surface area (Å²) in [5.41, 5.74) is 1.91. The lowest BCUT2D eigenvalue weighted by Crippen LogP contribution is -2.27. The van der Waals surface area contributed by atoms with Crippen molar-refractivity contribution < 1.29 is 18.0 Å². The van der Waals surface area contributed by atoms with E-state index in [1.54, 1.807) is 36.4 Å². The van der Waals surface area contributed by atoms with Gasteiger partial charge in [-0.3, -0.25) is 4.79 Å². The van der Waals surface area contributed by atoms with Crippen LogP contribution in [0.2, 0.25) is 0 Å². The van der Waals surface area contributed by atoms with Crippen LogP contribution in [0, 0.1) is 5.82 Å². The van der Waals surface area contributed by atoms with Crippen molar-refractivity contribution >= 4 is 28.7 Å². The second kappa shape index (κ2) is 7.60. The maximum Gasteiger partial charge on any atom is 0.291 e. The molecular weight excluding hydrogens is 351 g/mol. The van der Waals surface area contributed by atoms with Crippen molar-refractivity contribution in [2.45, 2.75) is 24.0 Å². The van der Waals surface area contributed by atoms with Gasteiger partial charge in [0, 0.05) is 6.54 Å². The van der Waals surface area contributed by atoms with Gasteiger partial charge < -0.3 is 9.88 Å². The highest BCUT2D eigenvalue weighted by Gasteiger charge is 2.17. The Hall–Kier alpha value is -2.48. The molecule has 3 aromatic rings. The molecule has 4 nitrogen and oxygen atoms in total. The standard InChI is InChI=1S/C17H14F3N3OS/c18-12-7-5-11(6-8-12)9-21-15(24)10-23-14-4-2-1-3-13(14)22-17(23)25-16(19)20/h1-8,16H,9-10H2,(H,21,24). The molecule has 0 atom stereocenters. The topological polar surface area (TPSA) is 46.9 Å². The van der Waals surface area contributed by atoms with Gasteiger partial charge in [0.2, 0.25) is 5.91 Å². The predicted octanol–water partition coefficient (Wildman–Crippen LogP) is 3.81. The van der Waals surface area contributed by atoms with E-state index in [0.29, 0.717) is 22.8 Å². The van der Waals surface area contributed by atoms with Crippen LogP contribution < -0.4 is 5.32 Å². The fourth-order valence-electron chi connectivity index (χ4n) is 2.38. The molecule has 1 N–H and O–H groups in total. The van der Waals surface area contributed by atoms with E-state index in [2.05, 4.69) is 10.3 Å². The van der Waals surface area contributed by atoms with Crippen LogP contribution in [0.4, 0.5) is 13.2 Å². The molecule has 0 saturated carbocycles.